The number of aromatic nitrogens is 4. The molecule has 0 saturated carbocycles. The lowest BCUT2D eigenvalue weighted by molar-refractivity contribution is -0.138. The largest absolute Gasteiger partial charge is 0.417 e. The molecule has 0 N–H and O–H groups in total. The van der Waals surface area contributed by atoms with Gasteiger partial charge in [-0.2, -0.15) is 18.3 Å². The maximum absolute atomic E-state index is 12.9. The molecule has 0 unspecified atom stereocenters. The van der Waals surface area contributed by atoms with Crippen molar-refractivity contribution < 1.29 is 18.0 Å². The van der Waals surface area contributed by atoms with Gasteiger partial charge in [0.1, 0.15) is 11.9 Å². The molecule has 0 spiro atoms. The summed E-state index contributed by atoms with van der Waals surface area (Å²) >= 11 is 5.96. The first-order valence-corrected chi connectivity index (χ1v) is 9.82. The molecule has 2 aliphatic rings. The fourth-order valence-electron chi connectivity index (χ4n) is 3.90. The number of rotatable bonds is 3. The van der Waals surface area contributed by atoms with E-state index < -0.39 is 23.5 Å². The van der Waals surface area contributed by atoms with E-state index >= 15 is 0 Å². The lowest BCUT2D eigenvalue weighted by Crippen LogP contribution is -2.41. The average molecular weight is 430 g/mol. The van der Waals surface area contributed by atoms with E-state index in [9.17, 15) is 22.8 Å². The molecular formula is C18H19ClF3N5O2. The summed E-state index contributed by atoms with van der Waals surface area (Å²) in [4.78, 5) is 31.3. The zero-order valence-corrected chi connectivity index (χ0v) is 16.2. The van der Waals surface area contributed by atoms with Crippen molar-refractivity contribution in [2.75, 3.05) is 13.1 Å². The summed E-state index contributed by atoms with van der Waals surface area (Å²) in [5.41, 5.74) is -1.33. The molecule has 2 aromatic heterocycles. The highest BCUT2D eigenvalue weighted by Crippen LogP contribution is 2.31. The minimum Gasteiger partial charge on any atom is -0.341 e. The van der Waals surface area contributed by atoms with E-state index in [2.05, 4.69) is 10.1 Å². The number of halogens is 4. The van der Waals surface area contributed by atoms with Crippen molar-refractivity contribution >= 4 is 17.5 Å². The average Bonchev–Trinajstić information content (AvgIpc) is 3.31. The van der Waals surface area contributed by atoms with Crippen molar-refractivity contribution in [1.82, 2.24) is 24.2 Å². The highest BCUT2D eigenvalue weighted by molar-refractivity contribution is 6.31. The predicted octanol–water partition coefficient (Wildman–Crippen LogP) is 2.66. The summed E-state index contributed by atoms with van der Waals surface area (Å²) in [6, 6.07) is 0.194. The van der Waals surface area contributed by atoms with E-state index in [1.165, 1.54) is 4.57 Å². The summed E-state index contributed by atoms with van der Waals surface area (Å²) in [5.74, 6) is 0.428. The molecular weight excluding hydrogens is 411 g/mol. The lowest BCUT2D eigenvalue weighted by Gasteiger charge is -2.27. The Morgan fingerprint density at radius 2 is 1.97 bits per heavy atom. The minimum atomic E-state index is -4.55. The van der Waals surface area contributed by atoms with E-state index in [1.54, 1.807) is 4.90 Å². The third-order valence-electron chi connectivity index (χ3n) is 5.38. The Labute approximate surface area is 169 Å². The van der Waals surface area contributed by atoms with E-state index in [4.69, 9.17) is 11.6 Å². The molecule has 11 heteroatoms. The molecule has 4 heterocycles. The number of hydrogen-bond donors (Lipinski definition) is 0. The number of amides is 1. The molecule has 0 radical (unpaired) electrons. The fraction of sp³-hybridized carbons (Fsp3) is 0.556. The molecule has 0 aliphatic carbocycles. The minimum absolute atomic E-state index is 0.0733. The standard InChI is InChI=1S/C18H19ClF3N5O2/c19-12-8-11(18(20,21)22)9-23-13(12)10-26-17(29)27-14(4-3-5-15(27)24-26)16(28)25-6-1-2-7-25/h8-9,14H,1-7,10H2/t14-/m1/s1. The van der Waals surface area contributed by atoms with Crippen LogP contribution in [0.25, 0.3) is 0 Å². The first kappa shape index (κ1) is 19.9. The van der Waals surface area contributed by atoms with Crippen molar-refractivity contribution in [2.45, 2.75) is 50.9 Å². The maximum atomic E-state index is 12.9. The van der Waals surface area contributed by atoms with E-state index in [1.807, 2.05) is 0 Å². The van der Waals surface area contributed by atoms with Crippen LogP contribution in [-0.4, -0.2) is 43.2 Å². The molecule has 1 amide bonds. The maximum Gasteiger partial charge on any atom is 0.417 e. The normalized spacial score (nSPS) is 19.4. The highest BCUT2D eigenvalue weighted by Gasteiger charge is 2.35. The van der Waals surface area contributed by atoms with Gasteiger partial charge in [-0.15, -0.1) is 0 Å². The summed E-state index contributed by atoms with van der Waals surface area (Å²) in [7, 11) is 0. The second-order valence-electron chi connectivity index (χ2n) is 7.32. The Kier molecular flexibility index (Phi) is 5.14. The topological polar surface area (TPSA) is 73.0 Å². The molecule has 4 rings (SSSR count). The summed E-state index contributed by atoms with van der Waals surface area (Å²) in [5, 5.41) is 4.10. The Hall–Kier alpha value is -2.36. The number of pyridine rings is 1. The number of hydrogen-bond acceptors (Lipinski definition) is 4. The van der Waals surface area contributed by atoms with Gasteiger partial charge in [0.05, 0.1) is 22.8 Å². The predicted molar refractivity (Wildman–Crippen MR) is 97.6 cm³/mol. The fourth-order valence-corrected chi connectivity index (χ4v) is 4.12. The van der Waals surface area contributed by atoms with Gasteiger partial charge in [0, 0.05) is 25.7 Å². The zero-order valence-electron chi connectivity index (χ0n) is 15.5. The van der Waals surface area contributed by atoms with Crippen LogP contribution in [-0.2, 0) is 23.9 Å². The first-order chi connectivity index (χ1) is 13.8. The van der Waals surface area contributed by atoms with Crippen LogP contribution in [0.2, 0.25) is 5.02 Å². The molecule has 29 heavy (non-hydrogen) atoms. The molecule has 0 bridgehead atoms. The first-order valence-electron chi connectivity index (χ1n) is 9.44. The van der Waals surface area contributed by atoms with Gasteiger partial charge < -0.3 is 4.90 Å². The Balaban J connectivity index is 1.63. The second kappa shape index (κ2) is 7.47. The summed E-state index contributed by atoms with van der Waals surface area (Å²) in [6.45, 7) is 1.22. The van der Waals surface area contributed by atoms with Gasteiger partial charge in [-0.05, 0) is 31.7 Å². The molecule has 1 fully saturated rings. The van der Waals surface area contributed by atoms with Gasteiger partial charge in [0.2, 0.25) is 5.91 Å². The molecule has 156 valence electrons. The highest BCUT2D eigenvalue weighted by atomic mass is 35.5. The number of carbonyl (C=O) groups is 1. The van der Waals surface area contributed by atoms with E-state index in [-0.39, 0.29) is 23.2 Å². The van der Waals surface area contributed by atoms with Crippen LogP contribution < -0.4 is 5.69 Å². The molecule has 2 aliphatic heterocycles. The van der Waals surface area contributed by atoms with Crippen LogP contribution in [0.3, 0.4) is 0 Å². The SMILES string of the molecule is O=C([C@H]1CCCc2nn(Cc3ncc(C(F)(F)F)cc3Cl)c(=O)n21)N1CCCC1. The number of carbonyl (C=O) groups excluding carboxylic acids is 1. The number of fused-ring (bicyclic) bond motifs is 1. The number of alkyl halides is 3. The summed E-state index contributed by atoms with van der Waals surface area (Å²) < 4.78 is 40.9. The number of nitrogens with zero attached hydrogens (tertiary/aromatic N) is 5. The van der Waals surface area contributed by atoms with Gasteiger partial charge in [-0.3, -0.25) is 14.3 Å². The van der Waals surface area contributed by atoms with Crippen LogP contribution in [0.5, 0.6) is 0 Å². The van der Waals surface area contributed by atoms with E-state index in [0.717, 1.165) is 30.0 Å². The molecule has 7 nitrogen and oxygen atoms in total. The van der Waals surface area contributed by atoms with E-state index in [0.29, 0.717) is 38.0 Å². The van der Waals surface area contributed by atoms with Crippen molar-refractivity contribution in [3.05, 3.63) is 44.9 Å². The van der Waals surface area contributed by atoms with Gasteiger partial charge >= 0.3 is 11.9 Å². The molecule has 1 saturated heterocycles. The Morgan fingerprint density at radius 1 is 1.24 bits per heavy atom. The van der Waals surface area contributed by atoms with Gasteiger partial charge in [-0.1, -0.05) is 11.6 Å². The van der Waals surface area contributed by atoms with Crippen LogP contribution in [0.4, 0.5) is 13.2 Å². The second-order valence-corrected chi connectivity index (χ2v) is 7.72. The van der Waals surface area contributed by atoms with Crippen LogP contribution in [0.15, 0.2) is 17.1 Å². The smallest absolute Gasteiger partial charge is 0.341 e. The summed E-state index contributed by atoms with van der Waals surface area (Å²) in [6.07, 6.45) is -0.104. The monoisotopic (exact) mass is 429 g/mol. The zero-order chi connectivity index (χ0) is 20.8. The Bertz CT molecular complexity index is 994. The van der Waals surface area contributed by atoms with Crippen LogP contribution >= 0.6 is 11.6 Å². The number of likely N-dealkylation sites (tertiary alicyclic amines) is 1. The van der Waals surface area contributed by atoms with Gasteiger partial charge in [-0.25, -0.2) is 9.48 Å². The van der Waals surface area contributed by atoms with Crippen molar-refractivity contribution in [1.29, 1.82) is 0 Å². The van der Waals surface area contributed by atoms with Gasteiger partial charge in [0.15, 0.2) is 0 Å². The third-order valence-corrected chi connectivity index (χ3v) is 5.71. The molecule has 2 aromatic rings. The third kappa shape index (κ3) is 3.77. The van der Waals surface area contributed by atoms with Crippen molar-refractivity contribution in [3.8, 4) is 0 Å². The van der Waals surface area contributed by atoms with Crippen LogP contribution in [0.1, 0.15) is 48.8 Å². The molecule has 1 atom stereocenters. The van der Waals surface area contributed by atoms with Crippen LogP contribution in [0, 0.1) is 0 Å². The van der Waals surface area contributed by atoms with Gasteiger partial charge in [0.25, 0.3) is 0 Å². The van der Waals surface area contributed by atoms with Crippen molar-refractivity contribution in [3.63, 3.8) is 0 Å². The quantitative estimate of drug-likeness (QED) is 0.752. The number of aryl methyl sites for hydroxylation is 1. The van der Waals surface area contributed by atoms with Crippen molar-refractivity contribution in [2.24, 2.45) is 0 Å². The lowest BCUT2D eigenvalue weighted by atomic mass is 10.0. The Morgan fingerprint density at radius 3 is 2.62 bits per heavy atom. The molecule has 0 aromatic carbocycles.